The van der Waals surface area contributed by atoms with E-state index in [2.05, 4.69) is 26.1 Å². The minimum Gasteiger partial charge on any atom is -0.334 e. The van der Waals surface area contributed by atoms with E-state index in [1.807, 2.05) is 25.1 Å². The zero-order valence-electron chi connectivity index (χ0n) is 12.6. The Balaban J connectivity index is 1.74. The zero-order valence-corrected chi connectivity index (χ0v) is 14.2. The molecular weight excluding hydrogens is 328 g/mol. The number of piperidine rings is 1. The van der Waals surface area contributed by atoms with Gasteiger partial charge in [0.1, 0.15) is 0 Å². The van der Waals surface area contributed by atoms with Crippen molar-refractivity contribution in [2.24, 2.45) is 0 Å². The number of halogens is 1. The van der Waals surface area contributed by atoms with Gasteiger partial charge in [0.25, 0.3) is 5.91 Å². The average molecular weight is 351 g/mol. The van der Waals surface area contributed by atoms with Crippen LogP contribution in [0.5, 0.6) is 0 Å². The summed E-state index contributed by atoms with van der Waals surface area (Å²) < 4.78 is 0.984. The molecule has 1 aliphatic heterocycles. The molecule has 21 heavy (non-hydrogen) atoms. The molecule has 1 aromatic rings. The zero-order chi connectivity index (χ0) is 14.8. The van der Waals surface area contributed by atoms with E-state index in [0.717, 1.165) is 41.5 Å². The van der Waals surface area contributed by atoms with Crippen LogP contribution >= 0.6 is 15.9 Å². The van der Waals surface area contributed by atoms with Crippen molar-refractivity contribution in [2.45, 2.75) is 51.1 Å². The van der Waals surface area contributed by atoms with Crippen LogP contribution in [0.1, 0.15) is 48.0 Å². The number of hydrogen-bond acceptors (Lipinski definition) is 2. The van der Waals surface area contributed by atoms with Crippen LogP contribution in [0.25, 0.3) is 0 Å². The van der Waals surface area contributed by atoms with E-state index in [0.29, 0.717) is 12.1 Å². The predicted molar refractivity (Wildman–Crippen MR) is 88.6 cm³/mol. The number of nitrogens with one attached hydrogen (secondary N) is 1. The van der Waals surface area contributed by atoms with E-state index >= 15 is 0 Å². The molecular formula is C17H23BrN2O. The van der Waals surface area contributed by atoms with Crippen molar-refractivity contribution < 1.29 is 4.79 Å². The van der Waals surface area contributed by atoms with Crippen molar-refractivity contribution >= 4 is 21.8 Å². The first-order chi connectivity index (χ1) is 10.1. The Morgan fingerprint density at radius 2 is 2.10 bits per heavy atom. The Kier molecular flexibility index (Phi) is 4.65. The normalized spacial score (nSPS) is 22.1. The van der Waals surface area contributed by atoms with Crippen LogP contribution in [-0.2, 0) is 0 Å². The lowest BCUT2D eigenvalue weighted by Gasteiger charge is -2.31. The maximum Gasteiger partial charge on any atom is 0.254 e. The lowest BCUT2D eigenvalue weighted by Crippen LogP contribution is -2.46. The summed E-state index contributed by atoms with van der Waals surface area (Å²) in [6, 6.07) is 6.91. The molecule has 1 saturated carbocycles. The highest BCUT2D eigenvalue weighted by molar-refractivity contribution is 9.10. The van der Waals surface area contributed by atoms with Gasteiger partial charge in [-0.05, 0) is 62.9 Å². The Hall–Kier alpha value is -0.870. The third-order valence-corrected chi connectivity index (χ3v) is 4.82. The number of hydrogen-bond donors (Lipinski definition) is 1. The van der Waals surface area contributed by atoms with Gasteiger partial charge in [0.05, 0.1) is 0 Å². The molecule has 1 N–H and O–H groups in total. The van der Waals surface area contributed by atoms with Gasteiger partial charge in [-0.3, -0.25) is 4.79 Å². The Bertz CT molecular complexity index is 501. The third kappa shape index (κ3) is 3.86. The third-order valence-electron chi connectivity index (χ3n) is 4.37. The number of carbonyl (C=O) groups is 1. The molecule has 1 unspecified atom stereocenters. The summed E-state index contributed by atoms with van der Waals surface area (Å²) in [5, 5.41) is 3.56. The van der Waals surface area contributed by atoms with Gasteiger partial charge in [0, 0.05) is 28.7 Å². The van der Waals surface area contributed by atoms with Gasteiger partial charge in [-0.2, -0.15) is 0 Å². The number of aryl methyl sites for hydroxylation is 1. The monoisotopic (exact) mass is 350 g/mol. The maximum absolute atomic E-state index is 12.9. The van der Waals surface area contributed by atoms with E-state index in [1.165, 1.54) is 19.3 Å². The molecule has 4 heteroatoms. The molecule has 3 nitrogen and oxygen atoms in total. The highest BCUT2D eigenvalue weighted by Crippen LogP contribution is 2.30. The molecule has 0 radical (unpaired) electrons. The molecule has 3 rings (SSSR count). The van der Waals surface area contributed by atoms with Crippen LogP contribution in [0.3, 0.4) is 0 Å². The van der Waals surface area contributed by atoms with E-state index in [9.17, 15) is 4.79 Å². The van der Waals surface area contributed by atoms with Crippen LogP contribution in [0.4, 0.5) is 0 Å². The number of rotatable bonds is 4. The molecule has 2 fully saturated rings. The fourth-order valence-electron chi connectivity index (χ4n) is 3.13. The van der Waals surface area contributed by atoms with Crippen LogP contribution in [0, 0.1) is 6.92 Å². The fourth-order valence-corrected chi connectivity index (χ4v) is 3.73. The number of amides is 1. The number of benzene rings is 1. The van der Waals surface area contributed by atoms with Crippen molar-refractivity contribution in [3.63, 3.8) is 0 Å². The van der Waals surface area contributed by atoms with Gasteiger partial charge in [0.15, 0.2) is 0 Å². The molecule has 0 aromatic heterocycles. The SMILES string of the molecule is Cc1cc(Br)cc(C(=O)N(CC2CCCCN2)C2CC2)c1. The standard InChI is InChI=1S/C17H23BrN2O/c1-12-8-13(10-14(18)9-12)17(21)20(16-5-6-16)11-15-4-2-3-7-19-15/h8-10,15-16,19H,2-7,11H2,1H3. The molecule has 1 heterocycles. The largest absolute Gasteiger partial charge is 0.334 e. The lowest BCUT2D eigenvalue weighted by atomic mass is 10.0. The summed E-state index contributed by atoms with van der Waals surface area (Å²) in [6.07, 6.45) is 6.05. The van der Waals surface area contributed by atoms with E-state index < -0.39 is 0 Å². The topological polar surface area (TPSA) is 32.3 Å². The quantitative estimate of drug-likeness (QED) is 0.901. The second-order valence-electron chi connectivity index (χ2n) is 6.35. The highest BCUT2D eigenvalue weighted by Gasteiger charge is 2.34. The van der Waals surface area contributed by atoms with Gasteiger partial charge in [-0.1, -0.05) is 22.4 Å². The first kappa shape index (κ1) is 15.0. The van der Waals surface area contributed by atoms with Gasteiger partial charge in [-0.25, -0.2) is 0 Å². The van der Waals surface area contributed by atoms with Crippen LogP contribution in [-0.4, -0.2) is 36.0 Å². The van der Waals surface area contributed by atoms with Crippen LogP contribution in [0.15, 0.2) is 22.7 Å². The molecule has 114 valence electrons. The van der Waals surface area contributed by atoms with E-state index in [-0.39, 0.29) is 5.91 Å². The first-order valence-electron chi connectivity index (χ1n) is 7.95. The molecule has 2 aliphatic rings. The Labute approximate surface area is 135 Å². The van der Waals surface area contributed by atoms with Crippen molar-refractivity contribution in [1.82, 2.24) is 10.2 Å². The summed E-state index contributed by atoms with van der Waals surface area (Å²) in [5.41, 5.74) is 1.93. The smallest absolute Gasteiger partial charge is 0.254 e. The van der Waals surface area contributed by atoms with Crippen molar-refractivity contribution in [3.8, 4) is 0 Å². The molecule has 1 amide bonds. The molecule has 1 aromatic carbocycles. The van der Waals surface area contributed by atoms with Crippen molar-refractivity contribution in [3.05, 3.63) is 33.8 Å². The second kappa shape index (κ2) is 6.49. The molecule has 0 bridgehead atoms. The Morgan fingerprint density at radius 1 is 1.29 bits per heavy atom. The minimum absolute atomic E-state index is 0.189. The summed E-state index contributed by atoms with van der Waals surface area (Å²) >= 11 is 3.50. The molecule has 1 atom stereocenters. The van der Waals surface area contributed by atoms with Gasteiger partial charge in [0.2, 0.25) is 0 Å². The van der Waals surface area contributed by atoms with Crippen LogP contribution in [0.2, 0.25) is 0 Å². The van der Waals surface area contributed by atoms with Gasteiger partial charge < -0.3 is 10.2 Å². The predicted octanol–water partition coefficient (Wildman–Crippen LogP) is 3.50. The number of carbonyl (C=O) groups excluding carboxylic acids is 1. The summed E-state index contributed by atoms with van der Waals surface area (Å²) in [4.78, 5) is 15.0. The summed E-state index contributed by atoms with van der Waals surface area (Å²) in [5.74, 6) is 0.189. The van der Waals surface area contributed by atoms with E-state index in [4.69, 9.17) is 0 Å². The number of nitrogens with zero attached hydrogens (tertiary/aromatic N) is 1. The summed E-state index contributed by atoms with van der Waals surface area (Å²) in [6.45, 7) is 3.98. The fraction of sp³-hybridized carbons (Fsp3) is 0.588. The lowest BCUT2D eigenvalue weighted by molar-refractivity contribution is 0.0717. The van der Waals surface area contributed by atoms with Crippen molar-refractivity contribution in [1.29, 1.82) is 0 Å². The van der Waals surface area contributed by atoms with Crippen molar-refractivity contribution in [2.75, 3.05) is 13.1 Å². The van der Waals surface area contributed by atoms with Crippen LogP contribution < -0.4 is 5.32 Å². The highest BCUT2D eigenvalue weighted by atomic mass is 79.9. The first-order valence-corrected chi connectivity index (χ1v) is 8.74. The molecule has 1 saturated heterocycles. The maximum atomic E-state index is 12.9. The molecule has 0 spiro atoms. The average Bonchev–Trinajstić information content (AvgIpc) is 3.29. The van der Waals surface area contributed by atoms with Gasteiger partial charge >= 0.3 is 0 Å². The summed E-state index contributed by atoms with van der Waals surface area (Å²) in [7, 11) is 0. The molecule has 1 aliphatic carbocycles. The second-order valence-corrected chi connectivity index (χ2v) is 7.27. The van der Waals surface area contributed by atoms with E-state index in [1.54, 1.807) is 0 Å². The minimum atomic E-state index is 0.189. The van der Waals surface area contributed by atoms with Gasteiger partial charge in [-0.15, -0.1) is 0 Å². The Morgan fingerprint density at radius 3 is 2.71 bits per heavy atom.